The van der Waals surface area contributed by atoms with Crippen molar-refractivity contribution in [2.75, 3.05) is 33.9 Å². The van der Waals surface area contributed by atoms with Gasteiger partial charge in [0.2, 0.25) is 0 Å². The van der Waals surface area contributed by atoms with E-state index < -0.39 is 6.10 Å². The van der Waals surface area contributed by atoms with Gasteiger partial charge in [0.15, 0.2) is 0 Å². The van der Waals surface area contributed by atoms with Gasteiger partial charge in [-0.3, -0.25) is 0 Å². The first-order valence-electron chi connectivity index (χ1n) is 8.15. The Bertz CT molecular complexity index is 467. The Hall–Kier alpha value is -1.26. The third-order valence-corrected chi connectivity index (χ3v) is 4.46. The first-order valence-corrected chi connectivity index (χ1v) is 8.15. The van der Waals surface area contributed by atoms with Gasteiger partial charge >= 0.3 is 0 Å². The molecule has 0 amide bonds. The molecule has 0 radical (unpaired) electrons. The van der Waals surface area contributed by atoms with Gasteiger partial charge < -0.3 is 19.5 Å². The first kappa shape index (κ1) is 17.1. The minimum absolute atomic E-state index is 0.530. The second-order valence-corrected chi connectivity index (χ2v) is 6.62. The second kappa shape index (κ2) is 7.84. The molecule has 0 bridgehead atoms. The van der Waals surface area contributed by atoms with Crippen LogP contribution < -0.4 is 9.47 Å². The second-order valence-electron chi connectivity index (χ2n) is 6.62. The zero-order chi connectivity index (χ0) is 16.1. The Morgan fingerprint density at radius 3 is 2.45 bits per heavy atom. The molecular formula is C18H29NO3. The molecule has 4 heteroatoms. The van der Waals surface area contributed by atoms with E-state index in [1.807, 2.05) is 18.2 Å². The Morgan fingerprint density at radius 1 is 1.18 bits per heavy atom. The van der Waals surface area contributed by atoms with E-state index in [0.29, 0.717) is 12.2 Å². The summed E-state index contributed by atoms with van der Waals surface area (Å²) in [5.74, 6) is 2.95. The number of methoxy groups -OCH3 is 2. The van der Waals surface area contributed by atoms with Crippen LogP contribution in [0.4, 0.5) is 0 Å². The summed E-state index contributed by atoms with van der Waals surface area (Å²) in [6, 6.07) is 5.57. The van der Waals surface area contributed by atoms with Crippen LogP contribution in [-0.4, -0.2) is 43.9 Å². The molecule has 22 heavy (non-hydrogen) atoms. The molecule has 1 aliphatic rings. The molecule has 1 aromatic carbocycles. The summed E-state index contributed by atoms with van der Waals surface area (Å²) >= 11 is 0. The van der Waals surface area contributed by atoms with E-state index in [2.05, 4.69) is 18.7 Å². The van der Waals surface area contributed by atoms with Crippen molar-refractivity contribution in [2.24, 2.45) is 11.8 Å². The Labute approximate surface area is 134 Å². The fourth-order valence-corrected chi connectivity index (χ4v) is 3.53. The van der Waals surface area contributed by atoms with Crippen LogP contribution >= 0.6 is 0 Å². The molecule has 0 aliphatic carbocycles. The van der Waals surface area contributed by atoms with E-state index in [0.717, 1.165) is 42.8 Å². The number of nitrogens with zero attached hydrogens (tertiary/aromatic N) is 1. The van der Waals surface area contributed by atoms with E-state index in [-0.39, 0.29) is 0 Å². The third-order valence-electron chi connectivity index (χ3n) is 4.46. The molecule has 3 atom stereocenters. The van der Waals surface area contributed by atoms with E-state index in [4.69, 9.17) is 9.47 Å². The van der Waals surface area contributed by atoms with Crippen molar-refractivity contribution in [1.29, 1.82) is 0 Å². The largest absolute Gasteiger partial charge is 0.497 e. The molecule has 0 saturated carbocycles. The molecule has 124 valence electrons. The highest BCUT2D eigenvalue weighted by Crippen LogP contribution is 2.31. The van der Waals surface area contributed by atoms with Crippen LogP contribution in [0, 0.1) is 11.8 Å². The van der Waals surface area contributed by atoms with Crippen LogP contribution in [0.2, 0.25) is 0 Å². The van der Waals surface area contributed by atoms with Crippen LogP contribution in [0.15, 0.2) is 18.2 Å². The van der Waals surface area contributed by atoms with Gasteiger partial charge in [-0.2, -0.15) is 0 Å². The van der Waals surface area contributed by atoms with E-state index in [1.54, 1.807) is 14.2 Å². The summed E-state index contributed by atoms with van der Waals surface area (Å²) in [6.45, 7) is 7.79. The molecule has 1 heterocycles. The third kappa shape index (κ3) is 4.37. The highest BCUT2D eigenvalue weighted by atomic mass is 16.5. The molecule has 1 fully saturated rings. The van der Waals surface area contributed by atoms with Crippen molar-refractivity contribution in [2.45, 2.75) is 32.8 Å². The minimum Gasteiger partial charge on any atom is -0.497 e. The van der Waals surface area contributed by atoms with Crippen LogP contribution in [0.1, 0.15) is 38.4 Å². The smallest absolute Gasteiger partial charge is 0.124 e. The van der Waals surface area contributed by atoms with Crippen molar-refractivity contribution in [3.8, 4) is 11.5 Å². The van der Waals surface area contributed by atoms with Crippen molar-refractivity contribution < 1.29 is 14.6 Å². The minimum atomic E-state index is -0.530. The summed E-state index contributed by atoms with van der Waals surface area (Å²) in [4.78, 5) is 2.47. The standard InChI is InChI=1S/C18H29NO3/c1-13-9-14(2)12-19(11-13)8-7-17(20)16-10-15(21-3)5-6-18(16)22-4/h5-6,10,13-14,17,20H,7-9,11-12H2,1-4H3. The maximum absolute atomic E-state index is 10.6. The van der Waals surface area contributed by atoms with Gasteiger partial charge in [0.1, 0.15) is 11.5 Å². The van der Waals surface area contributed by atoms with Gasteiger partial charge in [-0.25, -0.2) is 0 Å². The number of aliphatic hydroxyl groups is 1. The summed E-state index contributed by atoms with van der Waals surface area (Å²) in [7, 11) is 3.26. The lowest BCUT2D eigenvalue weighted by Gasteiger charge is -2.35. The number of piperidine rings is 1. The van der Waals surface area contributed by atoms with Crippen molar-refractivity contribution >= 4 is 0 Å². The van der Waals surface area contributed by atoms with Gasteiger partial charge in [-0.05, 0) is 42.9 Å². The van der Waals surface area contributed by atoms with E-state index in [1.165, 1.54) is 6.42 Å². The Morgan fingerprint density at radius 2 is 1.86 bits per heavy atom. The number of benzene rings is 1. The summed E-state index contributed by atoms with van der Waals surface area (Å²) in [5, 5.41) is 10.6. The fraction of sp³-hybridized carbons (Fsp3) is 0.667. The van der Waals surface area contributed by atoms with E-state index >= 15 is 0 Å². The van der Waals surface area contributed by atoms with Gasteiger partial charge in [0.05, 0.1) is 20.3 Å². The molecule has 1 saturated heterocycles. The van der Waals surface area contributed by atoms with Crippen LogP contribution in [0.25, 0.3) is 0 Å². The number of hydrogen-bond acceptors (Lipinski definition) is 4. The summed E-state index contributed by atoms with van der Waals surface area (Å²) in [6.07, 6.45) is 1.49. The van der Waals surface area contributed by atoms with Crippen molar-refractivity contribution in [3.63, 3.8) is 0 Å². The maximum Gasteiger partial charge on any atom is 0.124 e. The quantitative estimate of drug-likeness (QED) is 0.877. The van der Waals surface area contributed by atoms with Crippen molar-refractivity contribution in [3.05, 3.63) is 23.8 Å². The topological polar surface area (TPSA) is 41.9 Å². The fourth-order valence-electron chi connectivity index (χ4n) is 3.53. The Balaban J connectivity index is 1.98. The molecule has 3 unspecified atom stereocenters. The van der Waals surface area contributed by atoms with Gasteiger partial charge in [-0.15, -0.1) is 0 Å². The highest BCUT2D eigenvalue weighted by Gasteiger charge is 2.23. The van der Waals surface area contributed by atoms with Crippen LogP contribution in [-0.2, 0) is 0 Å². The SMILES string of the molecule is COc1ccc(OC)c(C(O)CCN2CC(C)CC(C)C2)c1. The zero-order valence-electron chi connectivity index (χ0n) is 14.2. The number of hydrogen-bond donors (Lipinski definition) is 1. The normalized spacial score (nSPS) is 24.0. The molecule has 0 aromatic heterocycles. The zero-order valence-corrected chi connectivity index (χ0v) is 14.2. The predicted molar refractivity (Wildman–Crippen MR) is 88.5 cm³/mol. The highest BCUT2D eigenvalue weighted by molar-refractivity contribution is 5.41. The average molecular weight is 307 g/mol. The predicted octanol–water partition coefficient (Wildman–Crippen LogP) is 3.11. The number of ether oxygens (including phenoxy) is 2. The summed E-state index contributed by atoms with van der Waals surface area (Å²) in [5.41, 5.74) is 0.806. The van der Waals surface area contributed by atoms with E-state index in [9.17, 15) is 5.11 Å². The lowest BCUT2D eigenvalue weighted by molar-refractivity contribution is 0.101. The maximum atomic E-state index is 10.6. The number of likely N-dealkylation sites (tertiary alicyclic amines) is 1. The molecular weight excluding hydrogens is 278 g/mol. The van der Waals surface area contributed by atoms with Crippen LogP contribution in [0.5, 0.6) is 11.5 Å². The molecule has 4 nitrogen and oxygen atoms in total. The number of rotatable bonds is 6. The van der Waals surface area contributed by atoms with Crippen LogP contribution in [0.3, 0.4) is 0 Å². The van der Waals surface area contributed by atoms with Gasteiger partial charge in [-0.1, -0.05) is 13.8 Å². The van der Waals surface area contributed by atoms with Gasteiger partial charge in [0.25, 0.3) is 0 Å². The summed E-state index contributed by atoms with van der Waals surface area (Å²) < 4.78 is 10.6. The van der Waals surface area contributed by atoms with Gasteiger partial charge in [0, 0.05) is 25.2 Å². The lowest BCUT2D eigenvalue weighted by atomic mass is 9.91. The lowest BCUT2D eigenvalue weighted by Crippen LogP contribution is -2.39. The molecule has 1 aromatic rings. The number of aliphatic hydroxyl groups excluding tert-OH is 1. The molecule has 2 rings (SSSR count). The molecule has 0 spiro atoms. The molecule has 1 aliphatic heterocycles. The average Bonchev–Trinajstić information content (AvgIpc) is 2.51. The van der Waals surface area contributed by atoms with Crippen molar-refractivity contribution in [1.82, 2.24) is 4.90 Å². The first-order chi connectivity index (χ1) is 10.5. The monoisotopic (exact) mass is 307 g/mol. The molecule has 1 N–H and O–H groups in total. The Kier molecular flexibility index (Phi) is 6.09.